The molecule has 1 aromatic carbocycles. The van der Waals surface area contributed by atoms with Crippen LogP contribution in [0.15, 0.2) is 47.2 Å². The lowest BCUT2D eigenvalue weighted by molar-refractivity contribution is 0.102. The quantitative estimate of drug-likeness (QED) is 0.528. The van der Waals surface area contributed by atoms with Crippen molar-refractivity contribution < 1.29 is 4.79 Å². The van der Waals surface area contributed by atoms with Gasteiger partial charge in [-0.2, -0.15) is 11.3 Å². The standard InChI is InChI=1S/C20H18Cl2N4OS/c21-14-9-16(19(22)17(10-14)25-20(27)13-5-8-28-12-13)24-18-4-1-3-15(23-18)11-26-6-2-7-26/h1,3-5,8-10,12H,2,6-7,11H2,(H,23,24)(H,25,27). The summed E-state index contributed by atoms with van der Waals surface area (Å²) < 4.78 is 0. The van der Waals surface area contributed by atoms with Crippen molar-refractivity contribution in [2.45, 2.75) is 13.0 Å². The molecule has 0 unspecified atom stereocenters. The maximum absolute atomic E-state index is 12.3. The highest BCUT2D eigenvalue weighted by molar-refractivity contribution is 7.08. The number of hydrogen-bond acceptors (Lipinski definition) is 5. The topological polar surface area (TPSA) is 57.3 Å². The third kappa shape index (κ3) is 4.47. The number of halogens is 2. The summed E-state index contributed by atoms with van der Waals surface area (Å²) in [7, 11) is 0. The zero-order chi connectivity index (χ0) is 19.5. The highest BCUT2D eigenvalue weighted by Gasteiger charge is 2.16. The Balaban J connectivity index is 1.54. The Labute approximate surface area is 177 Å². The van der Waals surface area contributed by atoms with Gasteiger partial charge in [-0.25, -0.2) is 4.98 Å². The summed E-state index contributed by atoms with van der Waals surface area (Å²) in [6, 6.07) is 10.9. The predicted octanol–water partition coefficient (Wildman–Crippen LogP) is 5.65. The Morgan fingerprint density at radius 2 is 2.00 bits per heavy atom. The lowest BCUT2D eigenvalue weighted by atomic mass is 10.2. The molecule has 1 fully saturated rings. The number of aromatic nitrogens is 1. The second kappa shape index (κ2) is 8.49. The molecule has 8 heteroatoms. The number of carbonyl (C=O) groups is 1. The molecule has 144 valence electrons. The van der Waals surface area contributed by atoms with E-state index >= 15 is 0 Å². The second-order valence-electron chi connectivity index (χ2n) is 6.55. The van der Waals surface area contributed by atoms with Crippen molar-refractivity contribution in [1.82, 2.24) is 9.88 Å². The fourth-order valence-corrected chi connectivity index (χ4v) is 3.96. The number of likely N-dealkylation sites (tertiary alicyclic amines) is 1. The van der Waals surface area contributed by atoms with E-state index in [2.05, 4.69) is 20.5 Å². The number of anilines is 3. The van der Waals surface area contributed by atoms with Crippen LogP contribution in [0.1, 0.15) is 22.5 Å². The molecule has 0 spiro atoms. The van der Waals surface area contributed by atoms with Gasteiger partial charge in [-0.1, -0.05) is 29.3 Å². The molecule has 2 aromatic heterocycles. The number of rotatable bonds is 6. The highest BCUT2D eigenvalue weighted by Crippen LogP contribution is 2.35. The Morgan fingerprint density at radius 3 is 2.71 bits per heavy atom. The number of benzene rings is 1. The molecule has 1 saturated heterocycles. The van der Waals surface area contributed by atoms with Gasteiger partial charge in [0.25, 0.3) is 5.91 Å². The summed E-state index contributed by atoms with van der Waals surface area (Å²) in [6.45, 7) is 3.07. The van der Waals surface area contributed by atoms with Gasteiger partial charge in [0.05, 0.1) is 27.7 Å². The molecule has 0 bridgehead atoms. The summed E-state index contributed by atoms with van der Waals surface area (Å²) >= 11 is 14.2. The SMILES string of the molecule is O=C(Nc1cc(Cl)cc(Nc2cccc(CN3CCC3)n2)c1Cl)c1ccsc1. The number of amides is 1. The average molecular weight is 433 g/mol. The minimum Gasteiger partial charge on any atom is -0.339 e. The van der Waals surface area contributed by atoms with E-state index in [9.17, 15) is 4.79 Å². The van der Waals surface area contributed by atoms with Gasteiger partial charge >= 0.3 is 0 Å². The van der Waals surface area contributed by atoms with Gasteiger partial charge in [0.15, 0.2) is 0 Å². The van der Waals surface area contributed by atoms with Gasteiger partial charge in [-0.05, 0) is 55.2 Å². The first-order valence-electron chi connectivity index (χ1n) is 8.86. The molecule has 0 radical (unpaired) electrons. The van der Waals surface area contributed by atoms with Crippen molar-refractivity contribution in [3.05, 3.63) is 68.5 Å². The largest absolute Gasteiger partial charge is 0.339 e. The lowest BCUT2D eigenvalue weighted by Crippen LogP contribution is -2.36. The van der Waals surface area contributed by atoms with Crippen molar-refractivity contribution in [2.24, 2.45) is 0 Å². The molecule has 1 aliphatic heterocycles. The Morgan fingerprint density at radius 1 is 1.18 bits per heavy atom. The summed E-state index contributed by atoms with van der Waals surface area (Å²) in [6.07, 6.45) is 1.25. The Kier molecular flexibility index (Phi) is 5.82. The first-order valence-corrected chi connectivity index (χ1v) is 10.6. The number of nitrogens with zero attached hydrogens (tertiary/aromatic N) is 2. The summed E-state index contributed by atoms with van der Waals surface area (Å²) in [4.78, 5) is 19.3. The van der Waals surface area contributed by atoms with E-state index in [4.69, 9.17) is 23.2 Å². The highest BCUT2D eigenvalue weighted by atomic mass is 35.5. The van der Waals surface area contributed by atoms with Crippen LogP contribution in [0.25, 0.3) is 0 Å². The maximum Gasteiger partial charge on any atom is 0.256 e. The van der Waals surface area contributed by atoms with E-state index in [0.717, 1.165) is 25.3 Å². The van der Waals surface area contributed by atoms with Crippen LogP contribution in [0.3, 0.4) is 0 Å². The van der Waals surface area contributed by atoms with Crippen molar-refractivity contribution >= 4 is 57.6 Å². The number of pyridine rings is 1. The Bertz CT molecular complexity index is 990. The molecular formula is C20H18Cl2N4OS. The summed E-state index contributed by atoms with van der Waals surface area (Å²) in [5.74, 6) is 0.448. The smallest absolute Gasteiger partial charge is 0.256 e. The number of hydrogen-bond donors (Lipinski definition) is 2. The zero-order valence-corrected chi connectivity index (χ0v) is 17.2. The van der Waals surface area contributed by atoms with Crippen molar-refractivity contribution in [3.8, 4) is 0 Å². The van der Waals surface area contributed by atoms with Crippen LogP contribution in [0.4, 0.5) is 17.2 Å². The van der Waals surface area contributed by atoms with Crippen LogP contribution >= 0.6 is 34.5 Å². The van der Waals surface area contributed by atoms with E-state index in [1.165, 1.54) is 17.8 Å². The van der Waals surface area contributed by atoms with Crippen LogP contribution in [0, 0.1) is 0 Å². The first-order chi connectivity index (χ1) is 13.6. The van der Waals surface area contributed by atoms with Crippen molar-refractivity contribution in [2.75, 3.05) is 23.7 Å². The average Bonchev–Trinajstić information content (AvgIpc) is 3.17. The molecule has 4 rings (SSSR count). The van der Waals surface area contributed by atoms with Crippen LogP contribution < -0.4 is 10.6 Å². The first kappa shape index (κ1) is 19.2. The summed E-state index contributed by atoms with van der Waals surface area (Å²) in [5.41, 5.74) is 2.61. The zero-order valence-electron chi connectivity index (χ0n) is 14.9. The predicted molar refractivity (Wildman–Crippen MR) is 116 cm³/mol. The van der Waals surface area contributed by atoms with Crippen LogP contribution in [0.2, 0.25) is 10.0 Å². The van der Waals surface area contributed by atoms with Gasteiger partial charge < -0.3 is 10.6 Å². The molecule has 1 aliphatic rings. The number of carbonyl (C=O) groups excluding carboxylic acids is 1. The monoisotopic (exact) mass is 432 g/mol. The molecule has 3 heterocycles. The Hall–Kier alpha value is -2.12. The molecule has 0 atom stereocenters. The van der Waals surface area contributed by atoms with E-state index in [0.29, 0.717) is 32.8 Å². The van der Waals surface area contributed by atoms with Crippen molar-refractivity contribution in [1.29, 1.82) is 0 Å². The summed E-state index contributed by atoms with van der Waals surface area (Å²) in [5, 5.41) is 10.5. The second-order valence-corrected chi connectivity index (χ2v) is 8.14. The molecule has 3 aromatic rings. The van der Waals surface area contributed by atoms with Gasteiger partial charge in [-0.15, -0.1) is 0 Å². The number of nitrogens with one attached hydrogen (secondary N) is 2. The van der Waals surface area contributed by atoms with E-state index in [-0.39, 0.29) is 5.91 Å². The third-order valence-corrected chi connectivity index (χ3v) is 5.78. The molecule has 0 aliphatic carbocycles. The minimum absolute atomic E-state index is 0.231. The fraction of sp³-hybridized carbons (Fsp3) is 0.200. The maximum atomic E-state index is 12.3. The molecule has 5 nitrogen and oxygen atoms in total. The van der Waals surface area contributed by atoms with Crippen LogP contribution in [0.5, 0.6) is 0 Å². The van der Waals surface area contributed by atoms with Gasteiger partial charge in [0.2, 0.25) is 0 Å². The lowest BCUT2D eigenvalue weighted by Gasteiger charge is -2.30. The fourth-order valence-electron chi connectivity index (χ4n) is 2.90. The normalized spacial score (nSPS) is 13.8. The molecule has 2 N–H and O–H groups in total. The minimum atomic E-state index is -0.231. The molecule has 0 saturated carbocycles. The number of thiophene rings is 1. The van der Waals surface area contributed by atoms with Gasteiger partial charge in [0, 0.05) is 16.9 Å². The third-order valence-electron chi connectivity index (χ3n) is 4.47. The van der Waals surface area contributed by atoms with Crippen molar-refractivity contribution in [3.63, 3.8) is 0 Å². The van der Waals surface area contributed by atoms with Crippen LogP contribution in [-0.2, 0) is 6.54 Å². The molecular weight excluding hydrogens is 415 g/mol. The molecule has 1 amide bonds. The van der Waals surface area contributed by atoms with Gasteiger partial charge in [0.1, 0.15) is 5.82 Å². The molecule has 28 heavy (non-hydrogen) atoms. The van der Waals surface area contributed by atoms with Crippen LogP contribution in [-0.4, -0.2) is 28.9 Å². The van der Waals surface area contributed by atoms with E-state index in [1.54, 1.807) is 23.6 Å². The van der Waals surface area contributed by atoms with E-state index < -0.39 is 0 Å². The van der Waals surface area contributed by atoms with Gasteiger partial charge in [-0.3, -0.25) is 9.69 Å². The van der Waals surface area contributed by atoms with E-state index in [1.807, 2.05) is 23.6 Å².